The SMILES string of the molecule is CCCCCCCC/C=C\CCCCCCCCOCC(COP(=O)(O)OCC(N)C(=O)O)OC(=O)CCCCCCCCCC. The van der Waals surface area contributed by atoms with Crippen molar-refractivity contribution >= 4 is 19.8 Å². The Morgan fingerprint density at radius 2 is 1.13 bits per heavy atom. The van der Waals surface area contributed by atoms with Gasteiger partial charge in [0, 0.05) is 13.0 Å². The van der Waals surface area contributed by atoms with E-state index < -0.39 is 45.1 Å². The molecule has 272 valence electrons. The van der Waals surface area contributed by atoms with Crippen LogP contribution in [0.15, 0.2) is 12.2 Å². The third-order valence-electron chi connectivity index (χ3n) is 7.79. The molecule has 0 bridgehead atoms. The Balaban J connectivity index is 4.25. The van der Waals surface area contributed by atoms with E-state index in [-0.39, 0.29) is 13.0 Å². The third-order valence-corrected chi connectivity index (χ3v) is 8.75. The molecule has 3 atom stereocenters. The highest BCUT2D eigenvalue weighted by Gasteiger charge is 2.27. The molecule has 0 rings (SSSR count). The van der Waals surface area contributed by atoms with E-state index in [4.69, 9.17) is 24.8 Å². The van der Waals surface area contributed by atoms with Gasteiger partial charge in [-0.1, -0.05) is 129 Å². The van der Waals surface area contributed by atoms with Gasteiger partial charge in [-0.05, 0) is 38.5 Å². The molecule has 0 saturated carbocycles. The summed E-state index contributed by atoms with van der Waals surface area (Å²) < 4.78 is 33.1. The second kappa shape index (κ2) is 32.3. The van der Waals surface area contributed by atoms with Gasteiger partial charge in [0.2, 0.25) is 0 Å². The van der Waals surface area contributed by atoms with Crippen LogP contribution >= 0.6 is 7.82 Å². The summed E-state index contributed by atoms with van der Waals surface area (Å²) in [6.07, 6.45) is 29.9. The van der Waals surface area contributed by atoms with Gasteiger partial charge in [0.15, 0.2) is 0 Å². The van der Waals surface area contributed by atoms with E-state index in [9.17, 15) is 19.0 Å². The topological polar surface area (TPSA) is 155 Å². The summed E-state index contributed by atoms with van der Waals surface area (Å²) in [6.45, 7) is 3.82. The summed E-state index contributed by atoms with van der Waals surface area (Å²) in [7, 11) is -4.60. The zero-order valence-corrected chi connectivity index (χ0v) is 30.1. The van der Waals surface area contributed by atoms with Gasteiger partial charge >= 0.3 is 19.8 Å². The largest absolute Gasteiger partial charge is 0.480 e. The zero-order valence-electron chi connectivity index (χ0n) is 29.2. The molecule has 0 saturated heterocycles. The van der Waals surface area contributed by atoms with Crippen molar-refractivity contribution in [3.8, 4) is 0 Å². The molecule has 0 aromatic carbocycles. The lowest BCUT2D eigenvalue weighted by Crippen LogP contribution is -2.34. The summed E-state index contributed by atoms with van der Waals surface area (Å²) >= 11 is 0. The number of aliphatic carboxylic acids is 1. The number of ether oxygens (including phenoxy) is 2. The fourth-order valence-corrected chi connectivity index (χ4v) is 5.67. The highest BCUT2D eigenvalue weighted by Crippen LogP contribution is 2.43. The number of hydrogen-bond acceptors (Lipinski definition) is 8. The number of phosphoric ester groups is 1. The highest BCUT2D eigenvalue weighted by molar-refractivity contribution is 7.47. The Morgan fingerprint density at radius 1 is 0.674 bits per heavy atom. The summed E-state index contributed by atoms with van der Waals surface area (Å²) in [5.74, 6) is -1.78. The summed E-state index contributed by atoms with van der Waals surface area (Å²) in [4.78, 5) is 33.2. The first-order valence-corrected chi connectivity index (χ1v) is 19.7. The molecule has 10 nitrogen and oxygen atoms in total. The monoisotopic (exact) mass is 677 g/mol. The normalized spacial score (nSPS) is 14.3. The lowest BCUT2D eigenvalue weighted by atomic mass is 10.1. The van der Waals surface area contributed by atoms with Gasteiger partial charge < -0.3 is 25.2 Å². The molecule has 0 aliphatic rings. The average molecular weight is 678 g/mol. The molecular weight excluding hydrogens is 609 g/mol. The van der Waals surface area contributed by atoms with Gasteiger partial charge in [-0.2, -0.15) is 0 Å². The van der Waals surface area contributed by atoms with Crippen molar-refractivity contribution in [2.75, 3.05) is 26.4 Å². The number of hydrogen-bond donors (Lipinski definition) is 3. The van der Waals surface area contributed by atoms with Gasteiger partial charge in [0.25, 0.3) is 0 Å². The van der Waals surface area contributed by atoms with Crippen LogP contribution in [0.5, 0.6) is 0 Å². The zero-order chi connectivity index (χ0) is 34.1. The number of carbonyl (C=O) groups is 2. The van der Waals surface area contributed by atoms with Crippen molar-refractivity contribution in [3.63, 3.8) is 0 Å². The summed E-state index contributed by atoms with van der Waals surface area (Å²) in [5.41, 5.74) is 5.32. The highest BCUT2D eigenvalue weighted by atomic mass is 31.2. The number of carboxylic acid groups (broad SMARTS) is 1. The van der Waals surface area contributed by atoms with Crippen LogP contribution in [0.1, 0.15) is 162 Å². The van der Waals surface area contributed by atoms with Crippen molar-refractivity contribution in [1.29, 1.82) is 0 Å². The smallest absolute Gasteiger partial charge is 0.472 e. The Hall–Kier alpha value is -1.29. The number of carbonyl (C=O) groups excluding carboxylic acids is 1. The second-order valence-electron chi connectivity index (χ2n) is 12.4. The molecule has 0 spiro atoms. The fraction of sp³-hybridized carbons (Fsp3) is 0.886. The van der Waals surface area contributed by atoms with Crippen molar-refractivity contribution in [2.45, 2.75) is 174 Å². The van der Waals surface area contributed by atoms with Crippen LogP contribution in [-0.2, 0) is 32.7 Å². The molecule has 0 amide bonds. The summed E-state index contributed by atoms with van der Waals surface area (Å²) in [5, 5.41) is 8.84. The number of carboxylic acids is 1. The maximum absolute atomic E-state index is 12.5. The molecule has 0 radical (unpaired) electrons. The lowest BCUT2D eigenvalue weighted by molar-refractivity contribution is -0.154. The van der Waals surface area contributed by atoms with E-state index in [0.717, 1.165) is 44.9 Å². The van der Waals surface area contributed by atoms with E-state index >= 15 is 0 Å². The minimum absolute atomic E-state index is 0.0167. The molecular formula is C35H68NO9P. The van der Waals surface area contributed by atoms with Crippen LogP contribution in [0.3, 0.4) is 0 Å². The van der Waals surface area contributed by atoms with Gasteiger partial charge in [0.05, 0.1) is 19.8 Å². The molecule has 4 N–H and O–H groups in total. The molecule has 0 aromatic heterocycles. The van der Waals surface area contributed by atoms with Crippen molar-refractivity contribution in [1.82, 2.24) is 0 Å². The van der Waals surface area contributed by atoms with E-state index in [2.05, 4.69) is 30.5 Å². The van der Waals surface area contributed by atoms with Crippen LogP contribution in [0.2, 0.25) is 0 Å². The number of allylic oxidation sites excluding steroid dienone is 2. The van der Waals surface area contributed by atoms with Gasteiger partial charge in [-0.25, -0.2) is 4.57 Å². The molecule has 0 heterocycles. The Kier molecular flexibility index (Phi) is 31.4. The fourth-order valence-electron chi connectivity index (χ4n) is 4.89. The lowest BCUT2D eigenvalue weighted by Gasteiger charge is -2.20. The number of rotatable bonds is 35. The van der Waals surface area contributed by atoms with E-state index in [1.165, 1.54) is 89.9 Å². The number of nitrogens with two attached hydrogens (primary N) is 1. The predicted molar refractivity (Wildman–Crippen MR) is 185 cm³/mol. The first-order chi connectivity index (χ1) is 22.2. The van der Waals surface area contributed by atoms with Crippen molar-refractivity contribution in [2.24, 2.45) is 5.73 Å². The van der Waals surface area contributed by atoms with Gasteiger partial charge in [-0.3, -0.25) is 18.6 Å². The minimum Gasteiger partial charge on any atom is -0.480 e. The first kappa shape index (κ1) is 44.7. The maximum Gasteiger partial charge on any atom is 0.472 e. The standard InChI is InChI=1S/C35H68NO9P/c1-3-5-7-9-11-13-14-15-16-17-18-19-20-22-24-26-28-42-29-32(30-43-46(40,41)44-31-33(36)35(38)39)45-34(37)27-25-23-21-12-10-8-6-4-2/h15-16,32-33H,3-14,17-31,36H2,1-2H3,(H,38,39)(H,40,41)/b16-15-. The quantitative estimate of drug-likeness (QED) is 0.0256. The maximum atomic E-state index is 12.5. The van der Waals surface area contributed by atoms with Crippen LogP contribution in [0, 0.1) is 0 Å². The average Bonchev–Trinajstić information content (AvgIpc) is 3.03. The number of esters is 1. The Bertz CT molecular complexity index is 796. The van der Waals surface area contributed by atoms with Crippen LogP contribution in [0.25, 0.3) is 0 Å². The molecule has 0 aliphatic heterocycles. The van der Waals surface area contributed by atoms with Crippen molar-refractivity contribution < 1.29 is 42.7 Å². The van der Waals surface area contributed by atoms with Crippen LogP contribution in [-0.4, -0.2) is 60.5 Å². The Labute approximate surface area is 280 Å². The molecule has 46 heavy (non-hydrogen) atoms. The van der Waals surface area contributed by atoms with Crippen LogP contribution in [0.4, 0.5) is 0 Å². The molecule has 0 aromatic rings. The minimum atomic E-state index is -4.60. The van der Waals surface area contributed by atoms with Crippen molar-refractivity contribution in [3.05, 3.63) is 12.2 Å². The van der Waals surface area contributed by atoms with E-state index in [1.54, 1.807) is 0 Å². The van der Waals surface area contributed by atoms with Crippen LogP contribution < -0.4 is 5.73 Å². The van der Waals surface area contributed by atoms with E-state index in [0.29, 0.717) is 13.0 Å². The predicted octanol–water partition coefficient (Wildman–Crippen LogP) is 9.03. The number of phosphoric acid groups is 1. The molecule has 11 heteroatoms. The second-order valence-corrected chi connectivity index (χ2v) is 13.8. The molecule has 3 unspecified atom stereocenters. The van der Waals surface area contributed by atoms with Gasteiger partial charge in [0.1, 0.15) is 12.1 Å². The third kappa shape index (κ3) is 31.3. The van der Waals surface area contributed by atoms with E-state index in [1.807, 2.05) is 0 Å². The summed E-state index contributed by atoms with van der Waals surface area (Å²) in [6, 6.07) is -1.47. The number of unbranched alkanes of at least 4 members (excludes halogenated alkanes) is 19. The molecule has 0 fully saturated rings. The molecule has 0 aliphatic carbocycles. The van der Waals surface area contributed by atoms with Gasteiger partial charge in [-0.15, -0.1) is 0 Å². The Morgan fingerprint density at radius 3 is 1.65 bits per heavy atom. The first-order valence-electron chi connectivity index (χ1n) is 18.2.